The maximum Gasteiger partial charge on any atom is 0.175 e. The van der Waals surface area contributed by atoms with Gasteiger partial charge < -0.3 is 15.2 Å². The Morgan fingerprint density at radius 1 is 1.38 bits per heavy atom. The van der Waals surface area contributed by atoms with Crippen LogP contribution in [-0.4, -0.2) is 20.3 Å². The first kappa shape index (κ1) is 13.3. The molecule has 1 aromatic rings. The van der Waals surface area contributed by atoms with Crippen molar-refractivity contribution in [2.75, 3.05) is 20.3 Å². The molecule has 0 atom stereocenters. The predicted molar refractivity (Wildman–Crippen MR) is 69.2 cm³/mol. The highest BCUT2D eigenvalue weighted by Gasteiger charge is 2.10. The Kier molecular flexibility index (Phi) is 5.63. The molecule has 1 rings (SSSR count). The molecule has 0 heterocycles. The van der Waals surface area contributed by atoms with Crippen LogP contribution >= 0.6 is 15.9 Å². The molecule has 3 nitrogen and oxygen atoms in total. The van der Waals surface area contributed by atoms with E-state index in [9.17, 15) is 0 Å². The number of halogens is 1. The van der Waals surface area contributed by atoms with Gasteiger partial charge in [0.15, 0.2) is 11.5 Å². The molecule has 0 fully saturated rings. The van der Waals surface area contributed by atoms with E-state index >= 15 is 0 Å². The van der Waals surface area contributed by atoms with E-state index in [4.69, 9.17) is 15.2 Å². The Balaban J connectivity index is 2.97. The summed E-state index contributed by atoms with van der Waals surface area (Å²) in [6, 6.07) is 4.00. The highest BCUT2D eigenvalue weighted by molar-refractivity contribution is 9.10. The van der Waals surface area contributed by atoms with E-state index in [0.717, 1.165) is 34.4 Å². The molecule has 0 saturated carbocycles. The van der Waals surface area contributed by atoms with E-state index in [2.05, 4.69) is 22.9 Å². The maximum absolute atomic E-state index is 5.64. The molecule has 0 aliphatic carbocycles. The highest BCUT2D eigenvalue weighted by Crippen LogP contribution is 2.36. The quantitative estimate of drug-likeness (QED) is 0.875. The molecule has 0 aromatic heterocycles. The molecular formula is C12H18BrNO2. The van der Waals surface area contributed by atoms with Crippen LogP contribution in [0, 0.1) is 0 Å². The molecule has 16 heavy (non-hydrogen) atoms. The summed E-state index contributed by atoms with van der Waals surface area (Å²) >= 11 is 3.49. The molecule has 0 aliphatic rings. The van der Waals surface area contributed by atoms with Crippen LogP contribution in [0.1, 0.15) is 18.9 Å². The molecule has 2 N–H and O–H groups in total. The van der Waals surface area contributed by atoms with Crippen molar-refractivity contribution >= 4 is 15.9 Å². The first-order valence-corrected chi connectivity index (χ1v) is 6.21. The SMILES string of the molecule is CCCOc1c(Br)cc(CCN)cc1OC. The van der Waals surface area contributed by atoms with Gasteiger partial charge in [0.05, 0.1) is 18.2 Å². The minimum absolute atomic E-state index is 0.630. The summed E-state index contributed by atoms with van der Waals surface area (Å²) in [5, 5.41) is 0. The first-order valence-electron chi connectivity index (χ1n) is 5.42. The van der Waals surface area contributed by atoms with Crippen LogP contribution in [0.15, 0.2) is 16.6 Å². The van der Waals surface area contributed by atoms with Crippen LogP contribution in [0.2, 0.25) is 0 Å². The van der Waals surface area contributed by atoms with E-state index in [1.807, 2.05) is 12.1 Å². The Morgan fingerprint density at radius 3 is 2.69 bits per heavy atom. The largest absolute Gasteiger partial charge is 0.493 e. The van der Waals surface area contributed by atoms with Gasteiger partial charge in [-0.1, -0.05) is 6.92 Å². The number of nitrogens with two attached hydrogens (primary N) is 1. The fourth-order valence-electron chi connectivity index (χ4n) is 1.43. The van der Waals surface area contributed by atoms with E-state index in [0.29, 0.717) is 13.2 Å². The Morgan fingerprint density at radius 2 is 2.12 bits per heavy atom. The van der Waals surface area contributed by atoms with Gasteiger partial charge >= 0.3 is 0 Å². The second kappa shape index (κ2) is 6.76. The van der Waals surface area contributed by atoms with Crippen molar-refractivity contribution < 1.29 is 9.47 Å². The minimum atomic E-state index is 0.630. The molecule has 0 spiro atoms. The van der Waals surface area contributed by atoms with Gasteiger partial charge in [0.2, 0.25) is 0 Å². The topological polar surface area (TPSA) is 44.5 Å². The van der Waals surface area contributed by atoms with Gasteiger partial charge in [-0.15, -0.1) is 0 Å². The predicted octanol–water partition coefficient (Wildman–Crippen LogP) is 2.75. The highest BCUT2D eigenvalue weighted by atomic mass is 79.9. The lowest BCUT2D eigenvalue weighted by Gasteiger charge is -2.13. The number of rotatable bonds is 6. The third-order valence-corrected chi connectivity index (χ3v) is 2.76. The Hall–Kier alpha value is -0.740. The molecule has 0 aliphatic heterocycles. The van der Waals surface area contributed by atoms with Crippen LogP contribution in [0.3, 0.4) is 0 Å². The van der Waals surface area contributed by atoms with Gasteiger partial charge in [0, 0.05) is 0 Å². The van der Waals surface area contributed by atoms with Crippen molar-refractivity contribution in [3.8, 4) is 11.5 Å². The van der Waals surface area contributed by atoms with Crippen LogP contribution in [0.25, 0.3) is 0 Å². The van der Waals surface area contributed by atoms with E-state index in [1.165, 1.54) is 0 Å². The van der Waals surface area contributed by atoms with Gasteiger partial charge in [0.1, 0.15) is 0 Å². The summed E-state index contributed by atoms with van der Waals surface area (Å²) < 4.78 is 11.9. The molecule has 1 aromatic carbocycles. The summed E-state index contributed by atoms with van der Waals surface area (Å²) in [4.78, 5) is 0. The number of ether oxygens (including phenoxy) is 2. The van der Waals surface area contributed by atoms with E-state index in [1.54, 1.807) is 7.11 Å². The first-order chi connectivity index (χ1) is 7.72. The Labute approximate surface area is 105 Å². The van der Waals surface area contributed by atoms with Crippen molar-refractivity contribution in [3.63, 3.8) is 0 Å². The van der Waals surface area contributed by atoms with Gasteiger partial charge in [-0.05, 0) is 53.0 Å². The molecule has 0 saturated heterocycles. The van der Waals surface area contributed by atoms with Gasteiger partial charge in [0.25, 0.3) is 0 Å². The second-order valence-electron chi connectivity index (χ2n) is 3.50. The van der Waals surface area contributed by atoms with E-state index in [-0.39, 0.29) is 0 Å². The number of benzene rings is 1. The summed E-state index contributed by atoms with van der Waals surface area (Å²) in [5.41, 5.74) is 6.68. The third-order valence-electron chi connectivity index (χ3n) is 2.17. The number of methoxy groups -OCH3 is 1. The van der Waals surface area contributed by atoms with Gasteiger partial charge in [-0.2, -0.15) is 0 Å². The van der Waals surface area contributed by atoms with Crippen LogP contribution in [0.4, 0.5) is 0 Å². The lowest BCUT2D eigenvalue weighted by molar-refractivity contribution is 0.292. The zero-order chi connectivity index (χ0) is 12.0. The summed E-state index contributed by atoms with van der Waals surface area (Å²) in [7, 11) is 1.65. The molecular weight excluding hydrogens is 270 g/mol. The fourth-order valence-corrected chi connectivity index (χ4v) is 2.03. The monoisotopic (exact) mass is 287 g/mol. The lowest BCUT2D eigenvalue weighted by atomic mass is 10.1. The van der Waals surface area contributed by atoms with E-state index < -0.39 is 0 Å². The molecule has 90 valence electrons. The third kappa shape index (κ3) is 3.39. The maximum atomic E-state index is 5.64. The molecule has 0 radical (unpaired) electrons. The van der Waals surface area contributed by atoms with Crippen molar-refractivity contribution in [1.82, 2.24) is 0 Å². The molecule has 0 bridgehead atoms. The van der Waals surface area contributed by atoms with Crippen molar-refractivity contribution in [2.45, 2.75) is 19.8 Å². The van der Waals surface area contributed by atoms with Crippen LogP contribution < -0.4 is 15.2 Å². The zero-order valence-electron chi connectivity index (χ0n) is 9.75. The van der Waals surface area contributed by atoms with Gasteiger partial charge in [-0.25, -0.2) is 0 Å². The van der Waals surface area contributed by atoms with Crippen molar-refractivity contribution in [1.29, 1.82) is 0 Å². The van der Waals surface area contributed by atoms with Crippen molar-refractivity contribution in [3.05, 3.63) is 22.2 Å². The fraction of sp³-hybridized carbons (Fsp3) is 0.500. The van der Waals surface area contributed by atoms with Crippen molar-refractivity contribution in [2.24, 2.45) is 5.73 Å². The summed E-state index contributed by atoms with van der Waals surface area (Å²) in [6.45, 7) is 3.39. The molecule has 4 heteroatoms. The lowest BCUT2D eigenvalue weighted by Crippen LogP contribution is -2.04. The average molecular weight is 288 g/mol. The van der Waals surface area contributed by atoms with Crippen LogP contribution in [0.5, 0.6) is 11.5 Å². The minimum Gasteiger partial charge on any atom is -0.493 e. The molecule has 0 unspecified atom stereocenters. The zero-order valence-corrected chi connectivity index (χ0v) is 11.3. The average Bonchev–Trinajstić information content (AvgIpc) is 2.27. The smallest absolute Gasteiger partial charge is 0.175 e. The van der Waals surface area contributed by atoms with Crippen LogP contribution in [-0.2, 0) is 6.42 Å². The Bertz CT molecular complexity index is 342. The normalized spacial score (nSPS) is 10.2. The number of hydrogen-bond acceptors (Lipinski definition) is 3. The summed E-state index contributed by atoms with van der Waals surface area (Å²) in [6.07, 6.45) is 1.81. The number of hydrogen-bond donors (Lipinski definition) is 1. The molecule has 0 amide bonds. The second-order valence-corrected chi connectivity index (χ2v) is 4.35. The summed E-state index contributed by atoms with van der Waals surface area (Å²) in [5.74, 6) is 1.52. The standard InChI is InChI=1S/C12H18BrNO2/c1-3-6-16-12-10(13)7-9(4-5-14)8-11(12)15-2/h7-8H,3-6,14H2,1-2H3. The van der Waals surface area contributed by atoms with Gasteiger partial charge in [-0.3, -0.25) is 0 Å².